The molecule has 10 nitrogen and oxygen atoms in total. The highest BCUT2D eigenvalue weighted by atomic mass is 32.2. The van der Waals surface area contributed by atoms with E-state index < -0.39 is 10.8 Å². The van der Waals surface area contributed by atoms with Gasteiger partial charge in [-0.2, -0.15) is 0 Å². The van der Waals surface area contributed by atoms with Crippen molar-refractivity contribution in [1.29, 1.82) is 0 Å². The Morgan fingerprint density at radius 3 is 2.59 bits per heavy atom. The van der Waals surface area contributed by atoms with Crippen molar-refractivity contribution >= 4 is 51.4 Å². The molecule has 2 aromatic carbocycles. The van der Waals surface area contributed by atoms with Crippen molar-refractivity contribution in [3.63, 3.8) is 0 Å². The first-order valence-corrected chi connectivity index (χ1v) is 11.2. The Morgan fingerprint density at radius 1 is 1.16 bits per heavy atom. The van der Waals surface area contributed by atoms with Crippen molar-refractivity contribution in [2.24, 2.45) is 0 Å². The number of rotatable bonds is 9. The number of thioether (sulfide) groups is 1. The van der Waals surface area contributed by atoms with Gasteiger partial charge < -0.3 is 10.1 Å². The summed E-state index contributed by atoms with van der Waals surface area (Å²) in [7, 11) is 0. The lowest BCUT2D eigenvalue weighted by Crippen LogP contribution is -2.13. The minimum atomic E-state index is -0.538. The number of ether oxygens (including phenoxy) is 1. The SMILES string of the molecule is CCOc1ccc(NC(=O)CSc2nnc(NC(=O)c3ccc(C)c([N+](=O)[O-])c3)s2)cc1. The number of nitro groups is 1. The Hall–Kier alpha value is -3.51. The summed E-state index contributed by atoms with van der Waals surface area (Å²) in [4.78, 5) is 35.0. The molecule has 0 fully saturated rings. The van der Waals surface area contributed by atoms with Gasteiger partial charge in [-0.3, -0.25) is 25.0 Å². The molecular weight excluding hydrogens is 454 g/mol. The Morgan fingerprint density at radius 2 is 1.91 bits per heavy atom. The Bertz CT molecular complexity index is 1130. The monoisotopic (exact) mass is 473 g/mol. The van der Waals surface area contributed by atoms with Gasteiger partial charge in [-0.25, -0.2) is 0 Å². The molecule has 2 amide bonds. The van der Waals surface area contributed by atoms with Crippen molar-refractivity contribution in [3.8, 4) is 5.75 Å². The molecule has 0 spiro atoms. The maximum Gasteiger partial charge on any atom is 0.273 e. The van der Waals surface area contributed by atoms with Crippen LogP contribution in [0.25, 0.3) is 0 Å². The molecule has 3 aromatic rings. The molecule has 166 valence electrons. The molecule has 2 N–H and O–H groups in total. The molecule has 0 aliphatic carbocycles. The standard InChI is InChI=1S/C20H19N5O5S2/c1-3-30-15-8-6-14(7-9-15)21-17(26)11-31-20-24-23-19(32-20)22-18(27)13-5-4-12(2)16(10-13)25(28)29/h4-10H,3,11H2,1-2H3,(H,21,26)(H,22,23,27). The van der Waals surface area contributed by atoms with Gasteiger partial charge in [0.25, 0.3) is 11.6 Å². The summed E-state index contributed by atoms with van der Waals surface area (Å²) in [5.74, 6) is 0.0875. The fraction of sp³-hybridized carbons (Fsp3) is 0.200. The highest BCUT2D eigenvalue weighted by molar-refractivity contribution is 8.01. The molecule has 0 aliphatic heterocycles. The Balaban J connectivity index is 1.52. The van der Waals surface area contributed by atoms with Crippen molar-refractivity contribution in [2.75, 3.05) is 23.0 Å². The van der Waals surface area contributed by atoms with Crippen molar-refractivity contribution in [2.45, 2.75) is 18.2 Å². The van der Waals surface area contributed by atoms with E-state index in [4.69, 9.17) is 4.74 Å². The van der Waals surface area contributed by atoms with E-state index in [1.807, 2.05) is 6.92 Å². The minimum Gasteiger partial charge on any atom is -0.494 e. The summed E-state index contributed by atoms with van der Waals surface area (Å²) in [6, 6.07) is 11.3. The molecule has 0 saturated carbocycles. The second-order valence-electron chi connectivity index (χ2n) is 6.38. The first-order valence-electron chi connectivity index (χ1n) is 9.41. The van der Waals surface area contributed by atoms with E-state index in [0.717, 1.165) is 17.1 Å². The summed E-state index contributed by atoms with van der Waals surface area (Å²) in [6.07, 6.45) is 0. The highest BCUT2D eigenvalue weighted by Gasteiger charge is 2.17. The van der Waals surface area contributed by atoms with Crippen LogP contribution in [0.2, 0.25) is 0 Å². The van der Waals surface area contributed by atoms with Gasteiger partial charge in [0, 0.05) is 22.9 Å². The molecule has 3 rings (SSSR count). The van der Waals surface area contributed by atoms with Crippen LogP contribution in [0.4, 0.5) is 16.5 Å². The minimum absolute atomic E-state index is 0.111. The van der Waals surface area contributed by atoms with Gasteiger partial charge in [0.15, 0.2) is 4.34 Å². The third-order valence-corrected chi connectivity index (χ3v) is 6.04. The average molecular weight is 474 g/mol. The molecule has 12 heteroatoms. The number of nitrogens with zero attached hydrogens (tertiary/aromatic N) is 3. The largest absolute Gasteiger partial charge is 0.494 e. The highest BCUT2D eigenvalue weighted by Crippen LogP contribution is 2.27. The zero-order chi connectivity index (χ0) is 23.1. The lowest BCUT2D eigenvalue weighted by Gasteiger charge is -2.06. The van der Waals surface area contributed by atoms with Crippen LogP contribution in [0.3, 0.4) is 0 Å². The topological polar surface area (TPSA) is 136 Å². The number of benzene rings is 2. The number of carbonyl (C=O) groups excluding carboxylic acids is 2. The van der Waals surface area contributed by atoms with E-state index in [-0.39, 0.29) is 28.0 Å². The smallest absolute Gasteiger partial charge is 0.273 e. The lowest BCUT2D eigenvalue weighted by atomic mass is 10.1. The summed E-state index contributed by atoms with van der Waals surface area (Å²) >= 11 is 2.28. The second-order valence-corrected chi connectivity index (χ2v) is 8.58. The summed E-state index contributed by atoms with van der Waals surface area (Å²) in [5.41, 5.74) is 1.12. The van der Waals surface area contributed by atoms with E-state index >= 15 is 0 Å². The van der Waals surface area contributed by atoms with Crippen LogP contribution in [0, 0.1) is 17.0 Å². The number of carbonyl (C=O) groups is 2. The van der Waals surface area contributed by atoms with E-state index in [0.29, 0.717) is 22.2 Å². The molecule has 0 saturated heterocycles. The number of hydrogen-bond donors (Lipinski definition) is 2. The number of aromatic nitrogens is 2. The number of aryl methyl sites for hydroxylation is 1. The van der Waals surface area contributed by atoms with Gasteiger partial charge in [-0.05, 0) is 44.2 Å². The fourth-order valence-corrected chi connectivity index (χ4v) is 4.11. The summed E-state index contributed by atoms with van der Waals surface area (Å²) in [5, 5.41) is 24.5. The number of amides is 2. The lowest BCUT2D eigenvalue weighted by molar-refractivity contribution is -0.385. The Labute approximate surface area is 191 Å². The van der Waals surface area contributed by atoms with Crippen LogP contribution in [-0.4, -0.2) is 39.3 Å². The first kappa shape index (κ1) is 23.2. The van der Waals surface area contributed by atoms with E-state index in [1.54, 1.807) is 31.2 Å². The van der Waals surface area contributed by atoms with Gasteiger partial charge in [-0.1, -0.05) is 29.2 Å². The van der Waals surface area contributed by atoms with Crippen LogP contribution in [0.1, 0.15) is 22.8 Å². The third kappa shape index (κ3) is 6.25. The molecule has 0 bridgehead atoms. The van der Waals surface area contributed by atoms with Gasteiger partial charge in [0.1, 0.15) is 5.75 Å². The molecular formula is C20H19N5O5S2. The van der Waals surface area contributed by atoms with Crippen LogP contribution in [-0.2, 0) is 4.79 Å². The number of anilines is 2. The summed E-state index contributed by atoms with van der Waals surface area (Å²) < 4.78 is 5.86. The molecule has 1 heterocycles. The third-order valence-electron chi connectivity index (χ3n) is 4.07. The molecule has 1 aromatic heterocycles. The zero-order valence-electron chi connectivity index (χ0n) is 17.2. The maximum absolute atomic E-state index is 12.4. The maximum atomic E-state index is 12.4. The van der Waals surface area contributed by atoms with E-state index in [9.17, 15) is 19.7 Å². The summed E-state index contributed by atoms with van der Waals surface area (Å²) in [6.45, 7) is 4.06. The molecule has 0 unspecified atom stereocenters. The number of nitro benzene ring substituents is 1. The van der Waals surface area contributed by atoms with Gasteiger partial charge in [0.05, 0.1) is 17.3 Å². The molecule has 32 heavy (non-hydrogen) atoms. The molecule has 0 radical (unpaired) electrons. The van der Waals surface area contributed by atoms with E-state index in [1.165, 1.54) is 30.0 Å². The predicted octanol–water partition coefficient (Wildman–Crippen LogP) is 4.14. The fourth-order valence-electron chi connectivity index (χ4n) is 2.56. The number of nitrogens with one attached hydrogen (secondary N) is 2. The zero-order valence-corrected chi connectivity index (χ0v) is 18.8. The van der Waals surface area contributed by atoms with Crippen LogP contribution in [0.5, 0.6) is 5.75 Å². The quantitative estimate of drug-likeness (QED) is 0.205. The van der Waals surface area contributed by atoms with Crippen LogP contribution in [0.15, 0.2) is 46.8 Å². The average Bonchev–Trinajstić information content (AvgIpc) is 3.21. The first-order chi connectivity index (χ1) is 15.4. The second kappa shape index (κ2) is 10.7. The molecule has 0 aliphatic rings. The van der Waals surface area contributed by atoms with Gasteiger partial charge in [0.2, 0.25) is 11.0 Å². The van der Waals surface area contributed by atoms with Gasteiger partial charge in [-0.15, -0.1) is 10.2 Å². The van der Waals surface area contributed by atoms with Crippen molar-refractivity contribution in [3.05, 3.63) is 63.7 Å². The van der Waals surface area contributed by atoms with Crippen molar-refractivity contribution < 1.29 is 19.2 Å². The van der Waals surface area contributed by atoms with Crippen LogP contribution >= 0.6 is 23.1 Å². The normalized spacial score (nSPS) is 10.4. The van der Waals surface area contributed by atoms with Gasteiger partial charge >= 0.3 is 0 Å². The van der Waals surface area contributed by atoms with Crippen LogP contribution < -0.4 is 15.4 Å². The predicted molar refractivity (Wildman–Crippen MR) is 123 cm³/mol. The number of hydrogen-bond acceptors (Lipinski definition) is 9. The van der Waals surface area contributed by atoms with E-state index in [2.05, 4.69) is 20.8 Å². The van der Waals surface area contributed by atoms with Crippen molar-refractivity contribution in [1.82, 2.24) is 10.2 Å². The molecule has 0 atom stereocenters. The Kier molecular flexibility index (Phi) is 7.73.